The van der Waals surface area contributed by atoms with E-state index in [0.29, 0.717) is 0 Å². The smallest absolute Gasteiger partial charge is 0.176 e. The lowest BCUT2D eigenvalue weighted by molar-refractivity contribution is -0.314. The van der Waals surface area contributed by atoms with Gasteiger partial charge in [0.1, 0.15) is 54.9 Å². The summed E-state index contributed by atoms with van der Waals surface area (Å²) in [5, 5.41) is 70.8. The molecule has 16 heteroatoms. The first kappa shape index (κ1) is 30.9. The molecule has 0 spiro atoms. The number of aliphatic hydroxyl groups is 7. The van der Waals surface area contributed by atoms with Crippen molar-refractivity contribution in [3.63, 3.8) is 0 Å². The molecule has 3 aliphatic rings. The first-order valence-corrected chi connectivity index (χ1v) is 12.2. The molecule has 218 valence electrons. The molecule has 0 aromatic heterocycles. The minimum atomic E-state index is -1.50. The monoisotopic (exact) mass is 543 g/mol. The Labute approximate surface area is 213 Å². The van der Waals surface area contributed by atoms with E-state index < -0.39 is 105 Å². The third kappa shape index (κ3) is 6.93. The Morgan fingerprint density at radius 1 is 0.595 bits per heavy atom. The lowest BCUT2D eigenvalue weighted by Crippen LogP contribution is -2.65. The molecule has 3 aliphatic heterocycles. The van der Waals surface area contributed by atoms with Gasteiger partial charge in [0.25, 0.3) is 0 Å². The van der Waals surface area contributed by atoms with E-state index in [9.17, 15) is 35.7 Å². The van der Waals surface area contributed by atoms with Crippen LogP contribution in [-0.4, -0.2) is 154 Å². The molecule has 16 nitrogen and oxygen atoms in total. The van der Waals surface area contributed by atoms with Crippen molar-refractivity contribution in [2.24, 2.45) is 17.2 Å². The van der Waals surface area contributed by atoms with Crippen molar-refractivity contribution in [2.75, 3.05) is 19.8 Å². The zero-order valence-corrected chi connectivity index (χ0v) is 20.7. The van der Waals surface area contributed by atoms with Gasteiger partial charge in [-0.05, 0) is 13.8 Å². The van der Waals surface area contributed by atoms with Gasteiger partial charge in [-0.15, -0.1) is 0 Å². The molecule has 15 atom stereocenters. The summed E-state index contributed by atoms with van der Waals surface area (Å²) in [5.74, 6) is 0. The van der Waals surface area contributed by atoms with Crippen molar-refractivity contribution in [2.45, 2.75) is 112 Å². The molecule has 3 heterocycles. The molecule has 0 radical (unpaired) electrons. The summed E-state index contributed by atoms with van der Waals surface area (Å²) in [6.07, 6.45) is -15.9. The van der Waals surface area contributed by atoms with E-state index in [1.54, 1.807) is 13.8 Å². The Morgan fingerprint density at radius 2 is 0.946 bits per heavy atom. The van der Waals surface area contributed by atoms with Crippen molar-refractivity contribution in [1.82, 2.24) is 0 Å². The number of nitrogens with two attached hydrogens (primary N) is 3. The van der Waals surface area contributed by atoms with Crippen LogP contribution in [0.25, 0.3) is 0 Å². The van der Waals surface area contributed by atoms with Gasteiger partial charge in [-0.3, -0.25) is 0 Å². The summed E-state index contributed by atoms with van der Waals surface area (Å²) >= 11 is 0. The van der Waals surface area contributed by atoms with Crippen molar-refractivity contribution in [3.05, 3.63) is 0 Å². The molecule has 0 aromatic carbocycles. The van der Waals surface area contributed by atoms with Gasteiger partial charge in [-0.2, -0.15) is 0 Å². The van der Waals surface area contributed by atoms with E-state index in [-0.39, 0.29) is 12.7 Å². The van der Waals surface area contributed by atoms with Crippen LogP contribution in [0.1, 0.15) is 13.8 Å². The van der Waals surface area contributed by atoms with Crippen LogP contribution in [0.2, 0.25) is 0 Å². The van der Waals surface area contributed by atoms with Crippen molar-refractivity contribution < 1.29 is 64.2 Å². The van der Waals surface area contributed by atoms with Crippen LogP contribution in [-0.2, 0) is 28.4 Å². The van der Waals surface area contributed by atoms with Gasteiger partial charge in [0.2, 0.25) is 0 Å². The van der Waals surface area contributed by atoms with Crippen LogP contribution in [0.3, 0.4) is 0 Å². The number of hydrogen-bond acceptors (Lipinski definition) is 16. The second-order valence-corrected chi connectivity index (χ2v) is 9.84. The average molecular weight is 544 g/mol. The first-order chi connectivity index (χ1) is 17.4. The van der Waals surface area contributed by atoms with Gasteiger partial charge in [0.15, 0.2) is 18.9 Å². The van der Waals surface area contributed by atoms with Crippen LogP contribution in [0, 0.1) is 0 Å². The highest BCUT2D eigenvalue weighted by atomic mass is 16.7. The Balaban J connectivity index is 1.60. The van der Waals surface area contributed by atoms with Crippen LogP contribution >= 0.6 is 0 Å². The average Bonchev–Trinajstić information content (AvgIpc) is 2.86. The molecule has 0 saturated carbocycles. The summed E-state index contributed by atoms with van der Waals surface area (Å²) in [5.41, 5.74) is 17.7. The van der Waals surface area contributed by atoms with E-state index in [1.165, 1.54) is 0 Å². The lowest BCUT2D eigenvalue weighted by atomic mass is 9.96. The third-order valence-electron chi connectivity index (χ3n) is 6.68. The standard InChI is InChI=1S/C21H41N3O13/c1-6(2)34-21-12(24)18(31)15(28)9(37-21)5-33-20-11(23)17(30)14(27)8(36-20)4-32-19-10(22)16(29)13(26)7(3-25)35-19/h6-21,25-31H,3-5,22-24H2,1-2H3. The maximum atomic E-state index is 10.4. The summed E-state index contributed by atoms with van der Waals surface area (Å²) < 4.78 is 33.4. The Kier molecular flexibility index (Phi) is 11.0. The molecule has 37 heavy (non-hydrogen) atoms. The second kappa shape index (κ2) is 13.1. The van der Waals surface area contributed by atoms with Crippen LogP contribution in [0.5, 0.6) is 0 Å². The minimum Gasteiger partial charge on any atom is -0.394 e. The topological polar surface area (TPSA) is 275 Å². The van der Waals surface area contributed by atoms with E-state index in [1.807, 2.05) is 0 Å². The largest absolute Gasteiger partial charge is 0.394 e. The van der Waals surface area contributed by atoms with Gasteiger partial charge in [-0.25, -0.2) is 0 Å². The molecule has 0 bridgehead atoms. The van der Waals surface area contributed by atoms with E-state index in [2.05, 4.69) is 0 Å². The zero-order valence-electron chi connectivity index (χ0n) is 20.7. The Hall–Kier alpha value is -0.640. The Morgan fingerprint density at radius 3 is 1.35 bits per heavy atom. The summed E-state index contributed by atoms with van der Waals surface area (Å²) in [7, 11) is 0. The van der Waals surface area contributed by atoms with Gasteiger partial charge >= 0.3 is 0 Å². The molecule has 3 rings (SSSR count). The molecule has 3 saturated heterocycles. The predicted octanol–water partition coefficient (Wildman–Crippen LogP) is -6.24. The number of ether oxygens (including phenoxy) is 6. The summed E-state index contributed by atoms with van der Waals surface area (Å²) in [6.45, 7) is 2.16. The van der Waals surface area contributed by atoms with Crippen molar-refractivity contribution >= 4 is 0 Å². The van der Waals surface area contributed by atoms with Crippen LogP contribution in [0.4, 0.5) is 0 Å². The van der Waals surface area contributed by atoms with Gasteiger partial charge in [0, 0.05) is 0 Å². The van der Waals surface area contributed by atoms with Gasteiger partial charge in [-0.1, -0.05) is 0 Å². The molecular weight excluding hydrogens is 502 g/mol. The SMILES string of the molecule is CC(C)OC1OC(COC2OC(COC3OC(CO)C(O)C(O)C3N)C(O)C(O)C2N)C(O)C(O)C1N. The number of rotatable bonds is 9. The number of hydrogen-bond donors (Lipinski definition) is 10. The molecule has 0 aliphatic carbocycles. The maximum Gasteiger partial charge on any atom is 0.176 e. The lowest BCUT2D eigenvalue weighted by Gasteiger charge is -2.44. The number of aliphatic hydroxyl groups excluding tert-OH is 7. The molecule has 0 amide bonds. The summed E-state index contributed by atoms with van der Waals surface area (Å²) in [6, 6.07) is -3.38. The summed E-state index contributed by atoms with van der Waals surface area (Å²) in [4.78, 5) is 0. The molecule has 3 fully saturated rings. The fraction of sp³-hybridized carbons (Fsp3) is 1.00. The maximum absolute atomic E-state index is 10.4. The Bertz CT molecular complexity index is 709. The van der Waals surface area contributed by atoms with E-state index >= 15 is 0 Å². The van der Waals surface area contributed by atoms with Crippen molar-refractivity contribution in [1.29, 1.82) is 0 Å². The minimum absolute atomic E-state index is 0.272. The fourth-order valence-electron chi connectivity index (χ4n) is 4.35. The predicted molar refractivity (Wildman–Crippen MR) is 121 cm³/mol. The van der Waals surface area contributed by atoms with Crippen LogP contribution in [0.15, 0.2) is 0 Å². The zero-order chi connectivity index (χ0) is 27.6. The molecule has 0 aromatic rings. The first-order valence-electron chi connectivity index (χ1n) is 12.2. The van der Waals surface area contributed by atoms with E-state index in [0.717, 1.165) is 0 Å². The fourth-order valence-corrected chi connectivity index (χ4v) is 4.35. The highest BCUT2D eigenvalue weighted by molar-refractivity contribution is 4.95. The highest BCUT2D eigenvalue weighted by Crippen LogP contribution is 2.27. The quantitative estimate of drug-likeness (QED) is 0.129. The second-order valence-electron chi connectivity index (χ2n) is 9.84. The van der Waals surface area contributed by atoms with Crippen molar-refractivity contribution in [3.8, 4) is 0 Å². The normalized spacial score (nSPS) is 49.4. The molecule has 13 N–H and O–H groups in total. The molecular formula is C21H41N3O13. The molecule has 15 unspecified atom stereocenters. The third-order valence-corrected chi connectivity index (χ3v) is 6.68. The highest BCUT2D eigenvalue weighted by Gasteiger charge is 2.48. The van der Waals surface area contributed by atoms with Gasteiger partial charge in [0.05, 0.1) is 44.1 Å². The van der Waals surface area contributed by atoms with E-state index in [4.69, 9.17) is 45.6 Å². The van der Waals surface area contributed by atoms with Gasteiger partial charge < -0.3 is 81.4 Å². The van der Waals surface area contributed by atoms with Crippen LogP contribution < -0.4 is 17.2 Å².